The molecule has 3 nitrogen and oxygen atoms in total. The number of fused-ring (bicyclic) bond motifs is 6. The lowest BCUT2D eigenvalue weighted by molar-refractivity contribution is -0.137. The van der Waals surface area contributed by atoms with Crippen molar-refractivity contribution in [2.45, 2.75) is 26.9 Å². The number of nitrogens with zero attached hydrogens (tertiary/aromatic N) is 3. The number of rotatable bonds is 5. The van der Waals surface area contributed by atoms with Crippen LogP contribution in [0.1, 0.15) is 22.3 Å². The minimum Gasteiger partial charge on any atom is -0.319 e. The number of para-hydroxylation sites is 2. The fourth-order valence-electron chi connectivity index (χ4n) is 9.00. The lowest BCUT2D eigenvalue weighted by Gasteiger charge is -2.23. The monoisotopic (exact) mass is 771 g/mol. The van der Waals surface area contributed by atoms with E-state index in [9.17, 15) is 0 Å². The molecule has 0 spiro atoms. The highest BCUT2D eigenvalue weighted by atomic mass is 19.4. The molecule has 0 saturated heterocycles. The average Bonchev–Trinajstić information content (AvgIpc) is 3.74. The van der Waals surface area contributed by atoms with Crippen molar-refractivity contribution in [3.05, 3.63) is 197 Å². The van der Waals surface area contributed by atoms with Crippen LogP contribution in [0, 0.1) is 27.3 Å². The summed E-state index contributed by atoms with van der Waals surface area (Å²) in [6.07, 6.45) is -4.64. The van der Waals surface area contributed by atoms with Crippen LogP contribution in [0.5, 0.6) is 0 Å². The van der Waals surface area contributed by atoms with Crippen LogP contribution in [-0.2, 0) is 6.18 Å². The van der Waals surface area contributed by atoms with E-state index in [0.717, 1.165) is 83.1 Å². The summed E-state index contributed by atoms with van der Waals surface area (Å²) >= 11 is 0. The van der Waals surface area contributed by atoms with Gasteiger partial charge in [-0.1, -0.05) is 126 Å². The highest BCUT2D eigenvalue weighted by Gasteiger charge is 2.36. The van der Waals surface area contributed by atoms with Crippen molar-refractivity contribution in [2.75, 3.05) is 0 Å². The van der Waals surface area contributed by atoms with Crippen LogP contribution in [0.4, 0.5) is 18.9 Å². The SMILES string of the molecule is [C-]#[N+]c1c(-n2c3ccccc3c3cc(-c4cccc(C)c4)ccc32)ccc(-c2c(C)cccc2C(F)(F)F)c1-n1c2ccccc2c2cc(-c3cccc(C)c3)ccc21. The minimum absolute atomic E-state index is 0.0544. The van der Waals surface area contributed by atoms with Crippen molar-refractivity contribution in [3.8, 4) is 44.8 Å². The van der Waals surface area contributed by atoms with E-state index in [2.05, 4.69) is 102 Å². The molecule has 2 aromatic heterocycles. The predicted octanol–water partition coefficient (Wildman–Crippen LogP) is 15.4. The Morgan fingerprint density at radius 3 is 1.54 bits per heavy atom. The van der Waals surface area contributed by atoms with Crippen molar-refractivity contribution < 1.29 is 13.2 Å². The second-order valence-corrected chi connectivity index (χ2v) is 15.3. The largest absolute Gasteiger partial charge is 0.417 e. The van der Waals surface area contributed by atoms with Crippen molar-refractivity contribution in [2.24, 2.45) is 0 Å². The van der Waals surface area contributed by atoms with Crippen LogP contribution >= 0.6 is 0 Å². The normalized spacial score (nSPS) is 11.9. The summed E-state index contributed by atoms with van der Waals surface area (Å²) in [6, 6.07) is 53.3. The second kappa shape index (κ2) is 13.6. The molecule has 0 atom stereocenters. The molecule has 8 aromatic carbocycles. The van der Waals surface area contributed by atoms with Gasteiger partial charge in [-0.25, -0.2) is 4.85 Å². The van der Waals surface area contributed by atoms with Gasteiger partial charge in [-0.15, -0.1) is 0 Å². The lowest BCUT2D eigenvalue weighted by atomic mass is 9.92. The van der Waals surface area contributed by atoms with Crippen LogP contribution in [-0.4, -0.2) is 9.13 Å². The Labute approximate surface area is 339 Å². The number of aromatic nitrogens is 2. The molecule has 59 heavy (non-hydrogen) atoms. The zero-order valence-electron chi connectivity index (χ0n) is 32.6. The maximum Gasteiger partial charge on any atom is 0.417 e. The lowest BCUT2D eigenvalue weighted by Crippen LogP contribution is -2.10. The first kappa shape index (κ1) is 36.0. The molecule has 2 heterocycles. The van der Waals surface area contributed by atoms with Gasteiger partial charge in [0.25, 0.3) is 0 Å². The van der Waals surface area contributed by atoms with Gasteiger partial charge in [-0.3, -0.25) is 0 Å². The Balaban J connectivity index is 1.33. The molecule has 0 aliphatic carbocycles. The van der Waals surface area contributed by atoms with Gasteiger partial charge in [-0.2, -0.15) is 13.2 Å². The molecule has 0 amide bonds. The van der Waals surface area contributed by atoms with Gasteiger partial charge in [0.2, 0.25) is 5.69 Å². The summed E-state index contributed by atoms with van der Waals surface area (Å²) in [5.41, 5.74) is 11.3. The van der Waals surface area contributed by atoms with Crippen molar-refractivity contribution in [1.29, 1.82) is 0 Å². The van der Waals surface area contributed by atoms with Crippen molar-refractivity contribution >= 4 is 49.3 Å². The predicted molar refractivity (Wildman–Crippen MR) is 237 cm³/mol. The summed E-state index contributed by atoms with van der Waals surface area (Å²) in [5.74, 6) is 0. The molecule has 284 valence electrons. The van der Waals surface area contributed by atoms with Crippen LogP contribution in [0.3, 0.4) is 0 Å². The number of benzene rings is 8. The minimum atomic E-state index is -4.64. The molecule has 6 heteroatoms. The Kier molecular flexibility index (Phi) is 8.33. The van der Waals surface area contributed by atoms with Gasteiger partial charge in [0, 0.05) is 21.5 Å². The zero-order chi connectivity index (χ0) is 40.6. The molecule has 10 rings (SSSR count). The third-order valence-electron chi connectivity index (χ3n) is 11.6. The first-order chi connectivity index (χ1) is 28.6. The summed E-state index contributed by atoms with van der Waals surface area (Å²) in [7, 11) is 0. The maximum atomic E-state index is 15.1. The molecule has 10 aromatic rings. The van der Waals surface area contributed by atoms with Crippen LogP contribution in [0.25, 0.3) is 93.2 Å². The molecule has 0 saturated carbocycles. The van der Waals surface area contributed by atoms with E-state index in [4.69, 9.17) is 6.57 Å². The number of halogens is 3. The molecule has 0 unspecified atom stereocenters. The molecule has 0 N–H and O–H groups in total. The molecular weight excluding hydrogens is 736 g/mol. The van der Waals surface area contributed by atoms with Gasteiger partial charge >= 0.3 is 6.18 Å². The number of hydrogen-bond donors (Lipinski definition) is 0. The molecule has 0 bridgehead atoms. The highest BCUT2D eigenvalue weighted by molar-refractivity contribution is 6.14. The molecule has 0 fully saturated rings. The first-order valence-electron chi connectivity index (χ1n) is 19.5. The topological polar surface area (TPSA) is 14.2 Å². The van der Waals surface area contributed by atoms with E-state index in [1.54, 1.807) is 19.1 Å². The van der Waals surface area contributed by atoms with Gasteiger partial charge in [0.1, 0.15) is 0 Å². The third kappa shape index (κ3) is 5.81. The standard InChI is InChI=1S/C53H36F3N3/c1-32-12-9-15-35(28-32)37-22-25-47-42(30-37)39-17-5-7-20-45(39)58(47)49-27-24-41(50-34(3)14-11-19-44(50)53(54,55)56)52(51(49)57-4)59-46-21-8-6-18-40(46)43-31-38(23-26-48(43)59)36-16-10-13-33(2)29-36/h5-31H,1-3H3. The fourth-order valence-corrected chi connectivity index (χ4v) is 9.00. The molecule has 0 radical (unpaired) electrons. The Morgan fingerprint density at radius 1 is 0.475 bits per heavy atom. The molecule has 0 aliphatic heterocycles. The third-order valence-corrected chi connectivity index (χ3v) is 11.6. The second-order valence-electron chi connectivity index (χ2n) is 15.3. The molecular formula is C53H36F3N3. The van der Waals surface area contributed by atoms with Gasteiger partial charge < -0.3 is 9.13 Å². The van der Waals surface area contributed by atoms with E-state index in [-0.39, 0.29) is 11.3 Å². The number of hydrogen-bond acceptors (Lipinski definition) is 0. The Hall–Kier alpha value is -7.36. The van der Waals surface area contributed by atoms with Crippen LogP contribution < -0.4 is 0 Å². The summed E-state index contributed by atoms with van der Waals surface area (Å²) in [6.45, 7) is 14.8. The molecule has 0 aliphatic rings. The summed E-state index contributed by atoms with van der Waals surface area (Å²) in [4.78, 5) is 4.29. The van der Waals surface area contributed by atoms with E-state index < -0.39 is 11.7 Å². The fraction of sp³-hybridized carbons (Fsp3) is 0.0755. The van der Waals surface area contributed by atoms with E-state index in [1.165, 1.54) is 6.07 Å². The Bertz CT molecular complexity index is 3370. The zero-order valence-corrected chi connectivity index (χ0v) is 32.6. The number of aryl methyl sites for hydroxylation is 3. The van der Waals surface area contributed by atoms with Gasteiger partial charge in [0.15, 0.2) is 0 Å². The first-order valence-corrected chi connectivity index (χ1v) is 19.5. The van der Waals surface area contributed by atoms with Gasteiger partial charge in [0.05, 0.1) is 45.6 Å². The van der Waals surface area contributed by atoms with Crippen LogP contribution in [0.15, 0.2) is 164 Å². The smallest absolute Gasteiger partial charge is 0.319 e. The van der Waals surface area contributed by atoms with Crippen molar-refractivity contribution in [3.63, 3.8) is 0 Å². The average molecular weight is 772 g/mol. The van der Waals surface area contributed by atoms with Gasteiger partial charge in [-0.05, 0) is 108 Å². The number of alkyl halides is 3. The summed E-state index contributed by atoms with van der Waals surface area (Å²) in [5, 5.41) is 3.90. The highest BCUT2D eigenvalue weighted by Crippen LogP contribution is 2.49. The van der Waals surface area contributed by atoms with Crippen molar-refractivity contribution in [1.82, 2.24) is 9.13 Å². The van der Waals surface area contributed by atoms with Crippen LogP contribution in [0.2, 0.25) is 0 Å². The van der Waals surface area contributed by atoms with E-state index in [1.807, 2.05) is 65.2 Å². The quantitative estimate of drug-likeness (QED) is 0.155. The van der Waals surface area contributed by atoms with E-state index >= 15 is 13.2 Å². The Morgan fingerprint density at radius 2 is 0.983 bits per heavy atom. The van der Waals surface area contributed by atoms with E-state index in [0.29, 0.717) is 22.5 Å². The summed E-state index contributed by atoms with van der Waals surface area (Å²) < 4.78 is 49.3. The maximum absolute atomic E-state index is 15.1.